The Hall–Kier alpha value is -3.26. The number of rotatable bonds is 3. The lowest BCUT2D eigenvalue weighted by atomic mass is 9.88. The molecule has 0 aliphatic carbocycles. The van der Waals surface area contributed by atoms with Crippen molar-refractivity contribution in [2.24, 2.45) is 16.9 Å². The number of imide groups is 1. The predicted octanol–water partition coefficient (Wildman–Crippen LogP) is 2.80. The van der Waals surface area contributed by atoms with E-state index in [0.29, 0.717) is 11.4 Å². The maximum atomic E-state index is 13.4. The average molecular weight is 465 g/mol. The van der Waals surface area contributed by atoms with Gasteiger partial charge in [-0.2, -0.15) is 5.10 Å². The van der Waals surface area contributed by atoms with Crippen LogP contribution in [-0.2, 0) is 14.4 Å². The van der Waals surface area contributed by atoms with Gasteiger partial charge in [0, 0.05) is 16.4 Å². The first kappa shape index (κ1) is 18.7. The standard InChI is InChI=1S/C22H17BrN4O3/c23-13-8-10-15(11-9-13)26-21(29)17-16-7-4-12-24-27(16)19(18(17)22(26)30)20(28)25-14-5-2-1-3-6-14/h1-12,16-19H,(H,25,28)/t16-,17-,18-,19+/m1/s1. The van der Waals surface area contributed by atoms with E-state index in [1.165, 1.54) is 4.90 Å². The Kier molecular flexibility index (Phi) is 4.51. The molecule has 5 rings (SSSR count). The summed E-state index contributed by atoms with van der Waals surface area (Å²) in [6.45, 7) is 0. The molecule has 8 heteroatoms. The van der Waals surface area contributed by atoms with Gasteiger partial charge in [-0.1, -0.05) is 40.2 Å². The van der Waals surface area contributed by atoms with Gasteiger partial charge in [-0.05, 0) is 42.5 Å². The van der Waals surface area contributed by atoms with Gasteiger partial charge in [0.15, 0.2) is 0 Å². The number of hydrazone groups is 1. The molecule has 0 aromatic heterocycles. The summed E-state index contributed by atoms with van der Waals surface area (Å²) in [6, 6.07) is 14.7. The van der Waals surface area contributed by atoms with E-state index >= 15 is 0 Å². The Bertz CT molecular complexity index is 1080. The van der Waals surface area contributed by atoms with E-state index in [0.717, 1.165) is 4.47 Å². The van der Waals surface area contributed by atoms with Gasteiger partial charge in [0.05, 0.1) is 23.6 Å². The van der Waals surface area contributed by atoms with E-state index in [4.69, 9.17) is 0 Å². The summed E-state index contributed by atoms with van der Waals surface area (Å²) in [5.74, 6) is -2.52. The fourth-order valence-corrected chi connectivity index (χ4v) is 4.68. The molecule has 2 aromatic rings. The number of hydrogen-bond acceptors (Lipinski definition) is 5. The number of amides is 3. The van der Waals surface area contributed by atoms with Gasteiger partial charge in [-0.15, -0.1) is 0 Å². The van der Waals surface area contributed by atoms with E-state index in [-0.39, 0.29) is 17.7 Å². The fourth-order valence-electron chi connectivity index (χ4n) is 4.42. The Morgan fingerprint density at radius 2 is 1.67 bits per heavy atom. The van der Waals surface area contributed by atoms with Crippen molar-refractivity contribution in [2.75, 3.05) is 10.2 Å². The minimum atomic E-state index is -0.877. The van der Waals surface area contributed by atoms with Crippen molar-refractivity contribution in [1.29, 1.82) is 0 Å². The molecule has 2 fully saturated rings. The lowest BCUT2D eigenvalue weighted by Gasteiger charge is -2.30. The molecule has 3 aliphatic rings. The van der Waals surface area contributed by atoms with Crippen LogP contribution in [0.2, 0.25) is 0 Å². The maximum absolute atomic E-state index is 13.4. The number of allylic oxidation sites excluding steroid dienone is 1. The van der Waals surface area contributed by atoms with Crippen molar-refractivity contribution in [2.45, 2.75) is 12.1 Å². The summed E-state index contributed by atoms with van der Waals surface area (Å²) in [7, 11) is 0. The summed E-state index contributed by atoms with van der Waals surface area (Å²) in [6.07, 6.45) is 5.15. The summed E-state index contributed by atoms with van der Waals surface area (Å²) >= 11 is 3.37. The molecule has 2 saturated heterocycles. The average Bonchev–Trinajstić information content (AvgIpc) is 3.23. The number of para-hydroxylation sites is 1. The molecule has 3 aliphatic heterocycles. The molecule has 150 valence electrons. The van der Waals surface area contributed by atoms with Crippen LogP contribution in [0.3, 0.4) is 0 Å². The molecule has 0 unspecified atom stereocenters. The van der Waals surface area contributed by atoms with Crippen LogP contribution in [0.15, 0.2) is 76.3 Å². The third-order valence-corrected chi connectivity index (χ3v) is 6.21. The van der Waals surface area contributed by atoms with E-state index in [1.807, 2.05) is 24.3 Å². The third-order valence-electron chi connectivity index (χ3n) is 5.69. The molecule has 1 N–H and O–H groups in total. The van der Waals surface area contributed by atoms with E-state index in [2.05, 4.69) is 26.3 Å². The number of benzene rings is 2. The minimum absolute atomic E-state index is 0.306. The second-order valence-electron chi connectivity index (χ2n) is 7.36. The number of carbonyl (C=O) groups is 3. The van der Waals surface area contributed by atoms with Crippen LogP contribution in [0.1, 0.15) is 0 Å². The molecule has 30 heavy (non-hydrogen) atoms. The predicted molar refractivity (Wildman–Crippen MR) is 116 cm³/mol. The highest BCUT2D eigenvalue weighted by molar-refractivity contribution is 9.10. The van der Waals surface area contributed by atoms with Gasteiger partial charge < -0.3 is 5.32 Å². The topological polar surface area (TPSA) is 82.1 Å². The molecule has 0 bridgehead atoms. The van der Waals surface area contributed by atoms with Gasteiger partial charge in [0.2, 0.25) is 17.7 Å². The summed E-state index contributed by atoms with van der Waals surface area (Å²) in [5.41, 5.74) is 1.13. The van der Waals surface area contributed by atoms with Crippen LogP contribution in [-0.4, -0.2) is 41.0 Å². The zero-order valence-corrected chi connectivity index (χ0v) is 17.3. The normalized spacial score (nSPS) is 26.7. The van der Waals surface area contributed by atoms with Gasteiger partial charge in [0.1, 0.15) is 6.04 Å². The maximum Gasteiger partial charge on any atom is 0.249 e. The second-order valence-corrected chi connectivity index (χ2v) is 8.28. The molecule has 2 aromatic carbocycles. The van der Waals surface area contributed by atoms with Gasteiger partial charge in [-0.25, -0.2) is 4.90 Å². The highest BCUT2D eigenvalue weighted by atomic mass is 79.9. The lowest BCUT2D eigenvalue weighted by molar-refractivity contribution is -0.129. The third kappa shape index (κ3) is 2.87. The molecule has 3 amide bonds. The summed E-state index contributed by atoms with van der Waals surface area (Å²) in [5, 5.41) is 8.77. The number of nitrogens with zero attached hydrogens (tertiary/aromatic N) is 3. The minimum Gasteiger partial charge on any atom is -0.324 e. The highest BCUT2D eigenvalue weighted by Gasteiger charge is 2.64. The molecule has 3 heterocycles. The van der Waals surface area contributed by atoms with Crippen LogP contribution in [0.25, 0.3) is 0 Å². The summed E-state index contributed by atoms with van der Waals surface area (Å²) in [4.78, 5) is 41.1. The van der Waals surface area contributed by atoms with Crippen LogP contribution >= 0.6 is 15.9 Å². The molecular formula is C22H17BrN4O3. The summed E-state index contributed by atoms with van der Waals surface area (Å²) < 4.78 is 0.849. The number of nitrogens with one attached hydrogen (secondary N) is 1. The second kappa shape index (κ2) is 7.21. The Morgan fingerprint density at radius 1 is 0.967 bits per heavy atom. The van der Waals surface area contributed by atoms with Gasteiger partial charge in [-0.3, -0.25) is 19.4 Å². The van der Waals surface area contributed by atoms with Gasteiger partial charge >= 0.3 is 0 Å². The van der Waals surface area contributed by atoms with E-state index in [1.54, 1.807) is 53.7 Å². The number of hydrogen-bond donors (Lipinski definition) is 1. The van der Waals surface area contributed by atoms with Crippen molar-refractivity contribution in [3.05, 3.63) is 71.2 Å². The van der Waals surface area contributed by atoms with Crippen LogP contribution < -0.4 is 10.2 Å². The Morgan fingerprint density at radius 3 is 2.40 bits per heavy atom. The number of carbonyl (C=O) groups excluding carboxylic acids is 3. The van der Waals surface area contributed by atoms with Crippen LogP contribution in [0, 0.1) is 11.8 Å². The monoisotopic (exact) mass is 464 g/mol. The quantitative estimate of drug-likeness (QED) is 0.707. The van der Waals surface area contributed by atoms with E-state index < -0.39 is 23.9 Å². The number of anilines is 2. The molecular weight excluding hydrogens is 448 g/mol. The number of fused-ring (bicyclic) bond motifs is 3. The fraction of sp³-hybridized carbons (Fsp3) is 0.182. The van der Waals surface area contributed by atoms with Crippen molar-refractivity contribution < 1.29 is 14.4 Å². The van der Waals surface area contributed by atoms with Crippen molar-refractivity contribution in [3.8, 4) is 0 Å². The highest BCUT2D eigenvalue weighted by Crippen LogP contribution is 2.45. The molecule has 4 atom stereocenters. The molecule has 7 nitrogen and oxygen atoms in total. The first-order chi connectivity index (χ1) is 14.6. The van der Waals surface area contributed by atoms with E-state index in [9.17, 15) is 14.4 Å². The zero-order valence-electron chi connectivity index (χ0n) is 15.7. The largest absolute Gasteiger partial charge is 0.324 e. The Labute approximate surface area is 181 Å². The lowest BCUT2D eigenvalue weighted by Crippen LogP contribution is -2.47. The Balaban J connectivity index is 1.52. The number of halogens is 1. The van der Waals surface area contributed by atoms with Crippen molar-refractivity contribution >= 4 is 51.2 Å². The first-order valence-corrected chi connectivity index (χ1v) is 10.3. The first-order valence-electron chi connectivity index (χ1n) is 9.54. The zero-order chi connectivity index (χ0) is 20.8. The van der Waals surface area contributed by atoms with Crippen LogP contribution in [0.4, 0.5) is 11.4 Å². The van der Waals surface area contributed by atoms with Crippen LogP contribution in [0.5, 0.6) is 0 Å². The van der Waals surface area contributed by atoms with Crippen molar-refractivity contribution in [1.82, 2.24) is 5.01 Å². The molecule has 0 radical (unpaired) electrons. The van der Waals surface area contributed by atoms with Crippen molar-refractivity contribution in [3.63, 3.8) is 0 Å². The SMILES string of the molecule is O=C(Nc1ccccc1)[C@@H]1[C@@H]2C(=O)N(c3ccc(Br)cc3)C(=O)[C@@H]2[C@H]2C=CC=NN21. The molecule has 0 saturated carbocycles. The van der Waals surface area contributed by atoms with Gasteiger partial charge in [0.25, 0.3) is 0 Å². The molecule has 0 spiro atoms. The smallest absolute Gasteiger partial charge is 0.249 e.